The van der Waals surface area contributed by atoms with Gasteiger partial charge in [-0.05, 0) is 52.2 Å². The van der Waals surface area contributed by atoms with E-state index in [9.17, 15) is 14.0 Å². The number of rotatable bonds is 7. The Bertz CT molecular complexity index is 1410. The minimum Gasteiger partial charge on any atom is -0.362 e. The Hall–Kier alpha value is -2.48. The zero-order chi connectivity index (χ0) is 27.8. The monoisotopic (exact) mass is 665 g/mol. The van der Waals surface area contributed by atoms with Gasteiger partial charge >= 0.3 is 0 Å². The zero-order valence-electron chi connectivity index (χ0n) is 21.6. The van der Waals surface area contributed by atoms with Gasteiger partial charge in [-0.2, -0.15) is 0 Å². The fraction of sp³-hybridized carbons (Fsp3) is 0.310. The molecule has 2 aromatic carbocycles. The first kappa shape index (κ1) is 30.1. The summed E-state index contributed by atoms with van der Waals surface area (Å²) in [6.07, 6.45) is 3.37. The number of hydrogen-bond acceptors (Lipinski definition) is 4. The van der Waals surface area contributed by atoms with Crippen molar-refractivity contribution in [2.75, 3.05) is 6.54 Å². The van der Waals surface area contributed by atoms with Crippen LogP contribution in [-0.2, 0) is 17.9 Å². The van der Waals surface area contributed by atoms with Crippen molar-refractivity contribution in [3.63, 3.8) is 0 Å². The third-order valence-electron chi connectivity index (χ3n) is 6.29. The Labute approximate surface area is 244 Å². The lowest BCUT2D eigenvalue weighted by atomic mass is 10.1. The highest BCUT2D eigenvalue weighted by Gasteiger charge is 2.31. The van der Waals surface area contributed by atoms with Crippen LogP contribution in [0.25, 0.3) is 10.9 Å². The van der Waals surface area contributed by atoms with Gasteiger partial charge in [0.15, 0.2) is 5.78 Å². The molecular weight excluding hydrogens is 636 g/mol. The number of Topliss-reactive ketones (excluding diaryl/α,β-unsaturated/α-hetero) is 1. The lowest BCUT2D eigenvalue weighted by molar-refractivity contribution is -0.125. The van der Waals surface area contributed by atoms with E-state index in [0.717, 1.165) is 28.6 Å². The topological polar surface area (TPSA) is 54.3 Å². The number of halogens is 3. The van der Waals surface area contributed by atoms with Gasteiger partial charge in [0, 0.05) is 68.3 Å². The van der Waals surface area contributed by atoms with E-state index in [-0.39, 0.29) is 23.3 Å². The second kappa shape index (κ2) is 14.1. The van der Waals surface area contributed by atoms with Gasteiger partial charge in [0.05, 0.1) is 17.1 Å². The van der Waals surface area contributed by atoms with E-state index in [1.165, 1.54) is 15.0 Å². The summed E-state index contributed by atoms with van der Waals surface area (Å²) < 4.78 is 16.2. The van der Waals surface area contributed by atoms with Gasteiger partial charge < -0.3 is 14.8 Å². The third kappa shape index (κ3) is 6.93. The fourth-order valence-corrected chi connectivity index (χ4v) is 5.23. The third-order valence-corrected chi connectivity index (χ3v) is 7.43. The number of aromatic nitrogens is 1. The minimum atomic E-state index is -0.519. The molecule has 3 aromatic rings. The standard InChI is InChI=1S/C27H24ClFIN3O2S.C2H6/c1-17(15-32-16-22(18(2)34)21-9-8-19(10-12-36-30)13-25(21)32)33-11-4-7-24(33)27(35)31-14-20-5-3-6-23(28)26(20)29;1-2/h3,5-6,8-9,13,16,24H,1,4,7,11,14-15H2,2H3,(H,31,35);1-2H3. The van der Waals surface area contributed by atoms with Gasteiger partial charge in [0.25, 0.3) is 0 Å². The van der Waals surface area contributed by atoms with Gasteiger partial charge in [0.2, 0.25) is 5.91 Å². The van der Waals surface area contributed by atoms with Crippen molar-refractivity contribution in [2.24, 2.45) is 0 Å². The Morgan fingerprint density at radius 1 is 1.29 bits per heavy atom. The molecule has 4 rings (SSSR count). The van der Waals surface area contributed by atoms with E-state index >= 15 is 0 Å². The molecule has 0 spiro atoms. The molecule has 1 aromatic heterocycles. The molecule has 38 heavy (non-hydrogen) atoms. The molecule has 0 saturated carbocycles. The van der Waals surface area contributed by atoms with Gasteiger partial charge in [-0.1, -0.05) is 56.1 Å². The van der Waals surface area contributed by atoms with E-state index in [0.29, 0.717) is 30.6 Å². The largest absolute Gasteiger partial charge is 0.362 e. The normalized spacial score (nSPS) is 14.4. The summed E-state index contributed by atoms with van der Waals surface area (Å²) in [4.78, 5) is 27.3. The van der Waals surface area contributed by atoms with Crippen LogP contribution in [0.1, 0.15) is 55.1 Å². The van der Waals surface area contributed by atoms with E-state index in [1.54, 1.807) is 19.1 Å². The number of carbonyl (C=O) groups excluding carboxylic acids is 2. The molecule has 1 amide bonds. The lowest BCUT2D eigenvalue weighted by Crippen LogP contribution is -2.43. The maximum Gasteiger partial charge on any atom is 0.242 e. The Kier molecular flexibility index (Phi) is 11.1. The second-order valence-electron chi connectivity index (χ2n) is 8.61. The van der Waals surface area contributed by atoms with Gasteiger partial charge in [0.1, 0.15) is 11.9 Å². The van der Waals surface area contributed by atoms with Crippen LogP contribution in [0.3, 0.4) is 0 Å². The number of benzene rings is 2. The first-order chi connectivity index (χ1) is 18.3. The van der Waals surface area contributed by atoms with Crippen LogP contribution >= 0.6 is 41.7 Å². The Balaban J connectivity index is 0.00000195. The summed E-state index contributed by atoms with van der Waals surface area (Å²) in [6, 6.07) is 10.2. The summed E-state index contributed by atoms with van der Waals surface area (Å²) in [7, 11) is 1.41. The zero-order valence-corrected chi connectivity index (χ0v) is 25.3. The van der Waals surface area contributed by atoms with Crippen LogP contribution < -0.4 is 5.32 Å². The van der Waals surface area contributed by atoms with E-state index in [2.05, 4.69) is 44.3 Å². The molecule has 1 unspecified atom stereocenters. The molecule has 1 atom stereocenters. The molecule has 1 fully saturated rings. The molecule has 200 valence electrons. The van der Waals surface area contributed by atoms with Crippen LogP contribution in [0, 0.1) is 17.0 Å². The molecule has 0 bridgehead atoms. The molecule has 1 aliphatic rings. The van der Waals surface area contributed by atoms with Crippen LogP contribution in [0.2, 0.25) is 5.02 Å². The van der Waals surface area contributed by atoms with Crippen LogP contribution in [0.5, 0.6) is 0 Å². The van der Waals surface area contributed by atoms with Crippen molar-refractivity contribution in [3.8, 4) is 11.2 Å². The van der Waals surface area contributed by atoms with E-state index in [4.69, 9.17) is 11.6 Å². The number of carbonyl (C=O) groups is 2. The smallest absolute Gasteiger partial charge is 0.242 e. The maximum atomic E-state index is 14.2. The number of likely N-dealkylation sites (tertiary alicyclic amines) is 1. The van der Waals surface area contributed by atoms with Crippen LogP contribution in [-0.4, -0.2) is 33.7 Å². The number of ketones is 1. The van der Waals surface area contributed by atoms with Crippen molar-refractivity contribution in [1.82, 2.24) is 14.8 Å². The molecular formula is C29H30ClFIN3O2S. The first-order valence-electron chi connectivity index (χ1n) is 12.4. The summed E-state index contributed by atoms with van der Waals surface area (Å²) in [5.74, 6) is 2.39. The average Bonchev–Trinajstić information content (AvgIpc) is 3.55. The number of fused-ring (bicyclic) bond motifs is 1. The second-order valence-corrected chi connectivity index (χ2v) is 10.7. The number of allylic oxidation sites excluding steroid dienone is 1. The van der Waals surface area contributed by atoms with Crippen molar-refractivity contribution < 1.29 is 14.0 Å². The quantitative estimate of drug-likeness (QED) is 0.163. The SMILES string of the molecule is C=C(Cn1cc(C(C)=O)c2ccc(C#CSI)cc21)N1CCCC1C(=O)NCc1cccc(Cl)c1F.CC. The Morgan fingerprint density at radius 3 is 2.76 bits per heavy atom. The van der Waals surface area contributed by atoms with Crippen LogP contribution in [0.15, 0.2) is 54.9 Å². The van der Waals surface area contributed by atoms with Crippen molar-refractivity contribution >= 4 is 64.3 Å². The van der Waals surface area contributed by atoms with Gasteiger partial charge in [-0.3, -0.25) is 9.59 Å². The number of hydrogen-bond donors (Lipinski definition) is 1. The lowest BCUT2D eigenvalue weighted by Gasteiger charge is -2.28. The molecule has 1 saturated heterocycles. The molecule has 0 aliphatic carbocycles. The van der Waals surface area contributed by atoms with Crippen LogP contribution in [0.4, 0.5) is 4.39 Å². The molecule has 1 aliphatic heterocycles. The molecule has 1 N–H and O–H groups in total. The highest BCUT2D eigenvalue weighted by atomic mass is 127. The number of amides is 1. The minimum absolute atomic E-state index is 0.0160. The fourth-order valence-electron chi connectivity index (χ4n) is 4.55. The summed E-state index contributed by atoms with van der Waals surface area (Å²) in [5, 5.41) is 6.73. The predicted octanol–water partition coefficient (Wildman–Crippen LogP) is 7.35. The average molecular weight is 666 g/mol. The molecule has 2 heterocycles. The predicted molar refractivity (Wildman–Crippen MR) is 164 cm³/mol. The van der Waals surface area contributed by atoms with Gasteiger partial charge in [-0.25, -0.2) is 4.39 Å². The highest BCUT2D eigenvalue weighted by Crippen LogP contribution is 2.28. The molecule has 9 heteroatoms. The van der Waals surface area contributed by atoms with E-state index in [1.807, 2.05) is 47.7 Å². The molecule has 0 radical (unpaired) electrons. The van der Waals surface area contributed by atoms with Crippen molar-refractivity contribution in [2.45, 2.75) is 52.7 Å². The summed E-state index contributed by atoms with van der Waals surface area (Å²) >= 11 is 7.98. The van der Waals surface area contributed by atoms with Crippen molar-refractivity contribution in [3.05, 3.63) is 82.4 Å². The van der Waals surface area contributed by atoms with Crippen molar-refractivity contribution in [1.29, 1.82) is 0 Å². The van der Waals surface area contributed by atoms with E-state index < -0.39 is 11.9 Å². The first-order valence-corrected chi connectivity index (χ1v) is 16.1. The number of nitrogens with zero attached hydrogens (tertiary/aromatic N) is 2. The maximum absolute atomic E-state index is 14.2. The summed E-state index contributed by atoms with van der Waals surface area (Å²) in [6.45, 7) is 11.0. The highest BCUT2D eigenvalue weighted by molar-refractivity contribution is 14.2. The van der Waals surface area contributed by atoms with Gasteiger partial charge in [-0.15, -0.1) is 0 Å². The number of nitrogens with one attached hydrogen (secondary N) is 1. The molecule has 5 nitrogen and oxygen atoms in total. The summed E-state index contributed by atoms with van der Waals surface area (Å²) in [5.41, 5.74) is 3.50. The Morgan fingerprint density at radius 2 is 2.05 bits per heavy atom.